The van der Waals surface area contributed by atoms with E-state index < -0.39 is 0 Å². The summed E-state index contributed by atoms with van der Waals surface area (Å²) in [6.07, 6.45) is 0. The molecular weight excluding hydrogens is 274 g/mol. The highest BCUT2D eigenvalue weighted by atomic mass is 35.5. The average Bonchev–Trinajstić information content (AvgIpc) is 2.32. The predicted octanol–water partition coefficient (Wildman–Crippen LogP) is 3.98. The number of aryl methyl sites for hydroxylation is 2. The molecule has 112 valence electrons. The molecule has 0 aliphatic heterocycles. The maximum atomic E-state index is 12.2. The first-order valence-electron chi connectivity index (χ1n) is 6.94. The smallest absolute Gasteiger partial charge is 0.260 e. The molecule has 0 aromatic heterocycles. The fourth-order valence-electron chi connectivity index (χ4n) is 2.38. The molecule has 0 radical (unpaired) electrons. The second-order valence-electron chi connectivity index (χ2n) is 5.65. The van der Waals surface area contributed by atoms with E-state index in [0.29, 0.717) is 5.75 Å². The second kappa shape index (κ2) is 6.98. The van der Waals surface area contributed by atoms with Crippen molar-refractivity contribution in [2.75, 3.05) is 6.61 Å². The van der Waals surface area contributed by atoms with Crippen LogP contribution in [-0.2, 0) is 4.79 Å². The first-order chi connectivity index (χ1) is 9.23. The number of nitrogens with zero attached hydrogens (tertiary/aromatic N) is 1. The number of halogens is 1. The molecule has 0 bridgehead atoms. The second-order valence-corrected chi connectivity index (χ2v) is 6.03. The van der Waals surface area contributed by atoms with Crippen molar-refractivity contribution in [1.29, 1.82) is 0 Å². The van der Waals surface area contributed by atoms with Crippen molar-refractivity contribution in [3.63, 3.8) is 0 Å². The molecule has 0 N–H and O–H groups in total. The normalized spacial score (nSPS) is 11.1. The Morgan fingerprint density at radius 2 is 1.60 bits per heavy atom. The van der Waals surface area contributed by atoms with E-state index in [2.05, 4.69) is 0 Å². The van der Waals surface area contributed by atoms with Gasteiger partial charge >= 0.3 is 0 Å². The molecule has 0 aliphatic carbocycles. The molecule has 3 nitrogen and oxygen atoms in total. The molecule has 0 unspecified atom stereocenters. The lowest BCUT2D eigenvalue weighted by Crippen LogP contribution is -2.44. The molecule has 0 saturated carbocycles. The van der Waals surface area contributed by atoms with Crippen LogP contribution in [0.25, 0.3) is 0 Å². The van der Waals surface area contributed by atoms with Crippen LogP contribution in [0.1, 0.15) is 38.8 Å². The van der Waals surface area contributed by atoms with Crippen LogP contribution < -0.4 is 4.74 Å². The number of amides is 1. The van der Waals surface area contributed by atoms with Crippen LogP contribution >= 0.6 is 11.6 Å². The van der Waals surface area contributed by atoms with E-state index in [1.54, 1.807) is 0 Å². The lowest BCUT2D eigenvalue weighted by molar-refractivity contribution is -0.136. The molecule has 4 heteroatoms. The van der Waals surface area contributed by atoms with Crippen molar-refractivity contribution in [2.45, 2.75) is 53.6 Å². The zero-order chi connectivity index (χ0) is 15.4. The Morgan fingerprint density at radius 3 is 2.00 bits per heavy atom. The van der Waals surface area contributed by atoms with Gasteiger partial charge in [0, 0.05) is 17.1 Å². The number of carbonyl (C=O) groups excluding carboxylic acids is 1. The Bertz CT molecular complexity index is 452. The van der Waals surface area contributed by atoms with E-state index in [1.165, 1.54) is 0 Å². The maximum absolute atomic E-state index is 12.2. The molecule has 0 spiro atoms. The van der Waals surface area contributed by atoms with Gasteiger partial charge < -0.3 is 9.64 Å². The molecule has 1 amide bonds. The van der Waals surface area contributed by atoms with Crippen molar-refractivity contribution in [1.82, 2.24) is 4.90 Å². The van der Waals surface area contributed by atoms with Crippen LogP contribution in [0.3, 0.4) is 0 Å². The summed E-state index contributed by atoms with van der Waals surface area (Å²) in [7, 11) is 0. The van der Waals surface area contributed by atoms with Crippen molar-refractivity contribution in [3.05, 3.63) is 28.3 Å². The number of hydrogen-bond donors (Lipinski definition) is 0. The average molecular weight is 298 g/mol. The number of rotatable bonds is 5. The third-order valence-electron chi connectivity index (χ3n) is 3.17. The molecular formula is C16H24ClNO2. The van der Waals surface area contributed by atoms with E-state index in [4.69, 9.17) is 16.3 Å². The monoisotopic (exact) mass is 297 g/mol. The Balaban J connectivity index is 2.74. The third kappa shape index (κ3) is 4.14. The summed E-state index contributed by atoms with van der Waals surface area (Å²) in [5, 5.41) is 0.745. The first-order valence-corrected chi connectivity index (χ1v) is 7.32. The van der Waals surface area contributed by atoms with Gasteiger partial charge in [-0.2, -0.15) is 0 Å². The van der Waals surface area contributed by atoms with Crippen LogP contribution in [0.15, 0.2) is 12.1 Å². The summed E-state index contributed by atoms with van der Waals surface area (Å²) in [5.41, 5.74) is 1.91. The quantitative estimate of drug-likeness (QED) is 0.822. The van der Waals surface area contributed by atoms with Crippen molar-refractivity contribution in [3.8, 4) is 5.75 Å². The number of carbonyl (C=O) groups is 1. The molecule has 1 aromatic carbocycles. The number of hydrogen-bond acceptors (Lipinski definition) is 2. The van der Waals surface area contributed by atoms with Gasteiger partial charge in [0.15, 0.2) is 6.61 Å². The minimum absolute atomic E-state index is 0.000237. The van der Waals surface area contributed by atoms with Gasteiger partial charge in [0.1, 0.15) is 5.75 Å². The minimum atomic E-state index is 0.000237. The molecule has 20 heavy (non-hydrogen) atoms. The van der Waals surface area contributed by atoms with Gasteiger partial charge in [-0.05, 0) is 64.8 Å². The Morgan fingerprint density at radius 1 is 1.15 bits per heavy atom. The summed E-state index contributed by atoms with van der Waals surface area (Å²) in [4.78, 5) is 14.0. The zero-order valence-corrected chi connectivity index (χ0v) is 13.9. The highest BCUT2D eigenvalue weighted by Gasteiger charge is 2.20. The van der Waals surface area contributed by atoms with Gasteiger partial charge in [-0.25, -0.2) is 0 Å². The summed E-state index contributed by atoms with van der Waals surface area (Å²) >= 11 is 6.12. The highest BCUT2D eigenvalue weighted by molar-refractivity contribution is 6.32. The lowest BCUT2D eigenvalue weighted by atomic mass is 10.1. The van der Waals surface area contributed by atoms with Crippen LogP contribution in [0.4, 0.5) is 0 Å². The van der Waals surface area contributed by atoms with Crippen molar-refractivity contribution in [2.24, 2.45) is 0 Å². The first kappa shape index (κ1) is 16.8. The summed E-state index contributed by atoms with van der Waals surface area (Å²) in [5.74, 6) is 0.686. The highest BCUT2D eigenvalue weighted by Crippen LogP contribution is 2.25. The summed E-state index contributed by atoms with van der Waals surface area (Å²) < 4.78 is 5.62. The van der Waals surface area contributed by atoms with Crippen molar-refractivity contribution < 1.29 is 9.53 Å². The Kier molecular flexibility index (Phi) is 5.88. The van der Waals surface area contributed by atoms with Gasteiger partial charge in [0.05, 0.1) is 0 Å². The molecule has 0 fully saturated rings. The molecule has 0 atom stereocenters. The van der Waals surface area contributed by atoms with Crippen molar-refractivity contribution >= 4 is 17.5 Å². The van der Waals surface area contributed by atoms with Crippen LogP contribution in [0.2, 0.25) is 5.02 Å². The standard InChI is InChI=1S/C16H24ClNO2/c1-10(2)18(11(3)4)15(19)9-20-14-7-12(5)16(17)13(6)8-14/h7-8,10-11H,9H2,1-6H3. The van der Waals surface area contributed by atoms with E-state index in [0.717, 1.165) is 16.1 Å². The van der Waals surface area contributed by atoms with Gasteiger partial charge in [0.25, 0.3) is 5.91 Å². The maximum Gasteiger partial charge on any atom is 0.260 e. The molecule has 0 heterocycles. The van der Waals surface area contributed by atoms with E-state index >= 15 is 0 Å². The van der Waals surface area contributed by atoms with E-state index in [1.807, 2.05) is 58.6 Å². The number of benzene rings is 1. The SMILES string of the molecule is Cc1cc(OCC(=O)N(C(C)C)C(C)C)cc(C)c1Cl. The summed E-state index contributed by atoms with van der Waals surface area (Å²) in [6.45, 7) is 11.9. The van der Waals surface area contributed by atoms with Crippen LogP contribution in [0, 0.1) is 13.8 Å². The van der Waals surface area contributed by atoms with Gasteiger partial charge in [0.2, 0.25) is 0 Å². The fourth-order valence-corrected chi connectivity index (χ4v) is 2.49. The lowest BCUT2D eigenvalue weighted by Gasteiger charge is -2.30. The van der Waals surface area contributed by atoms with E-state index in [9.17, 15) is 4.79 Å². The number of ether oxygens (including phenoxy) is 1. The molecule has 0 aliphatic rings. The topological polar surface area (TPSA) is 29.5 Å². The Labute approximate surface area is 126 Å². The minimum Gasteiger partial charge on any atom is -0.484 e. The molecule has 0 saturated heterocycles. The fraction of sp³-hybridized carbons (Fsp3) is 0.562. The third-order valence-corrected chi connectivity index (χ3v) is 3.77. The van der Waals surface area contributed by atoms with Gasteiger partial charge in [-0.3, -0.25) is 4.79 Å². The van der Waals surface area contributed by atoms with Gasteiger partial charge in [-0.1, -0.05) is 11.6 Å². The largest absolute Gasteiger partial charge is 0.484 e. The molecule has 1 aromatic rings. The van der Waals surface area contributed by atoms with Crippen LogP contribution in [-0.4, -0.2) is 29.5 Å². The summed E-state index contributed by atoms with van der Waals surface area (Å²) in [6, 6.07) is 4.05. The van der Waals surface area contributed by atoms with Crippen LogP contribution in [0.5, 0.6) is 5.75 Å². The van der Waals surface area contributed by atoms with Gasteiger partial charge in [-0.15, -0.1) is 0 Å². The zero-order valence-electron chi connectivity index (χ0n) is 13.2. The van der Waals surface area contributed by atoms with E-state index in [-0.39, 0.29) is 24.6 Å². The predicted molar refractivity (Wildman–Crippen MR) is 83.5 cm³/mol. The molecule has 1 rings (SSSR count). The Hall–Kier alpha value is -1.22.